The number of ketones is 2. The predicted octanol–water partition coefficient (Wildman–Crippen LogP) is 1.32. The van der Waals surface area contributed by atoms with Crippen LogP contribution in [0.5, 0.6) is 0 Å². The summed E-state index contributed by atoms with van der Waals surface area (Å²) in [6.07, 6.45) is 3.55. The molecule has 0 saturated carbocycles. The van der Waals surface area contributed by atoms with Crippen molar-refractivity contribution in [3.63, 3.8) is 0 Å². The number of nitrogens with zero attached hydrogens (tertiary/aromatic N) is 1. The van der Waals surface area contributed by atoms with E-state index in [2.05, 4.69) is 10.6 Å². The largest absolute Gasteiger partial charge is 0.358 e. The summed E-state index contributed by atoms with van der Waals surface area (Å²) < 4.78 is 13.5. The smallest absolute Gasteiger partial charge is 0.321 e. The highest BCUT2D eigenvalue weighted by Gasteiger charge is 2.28. The number of amides is 1. The van der Waals surface area contributed by atoms with Crippen LogP contribution in [0.25, 0.3) is 0 Å². The zero-order chi connectivity index (χ0) is 17.9. The zero-order valence-corrected chi connectivity index (χ0v) is 14.8. The highest BCUT2D eigenvalue weighted by atomic mass is 31.2. The summed E-state index contributed by atoms with van der Waals surface area (Å²) in [5.74, 6) is -0.666. The van der Waals surface area contributed by atoms with Crippen molar-refractivity contribution in [3.8, 4) is 0 Å². The van der Waals surface area contributed by atoms with E-state index >= 15 is 0 Å². The quantitative estimate of drug-likeness (QED) is 0.277. The van der Waals surface area contributed by atoms with Crippen molar-refractivity contribution >= 4 is 25.1 Å². The Morgan fingerprint density at radius 1 is 1.09 bits per heavy atom. The summed E-state index contributed by atoms with van der Waals surface area (Å²) in [6.45, 7) is 5.12. The molecule has 0 aliphatic rings. The molecule has 132 valence electrons. The van der Waals surface area contributed by atoms with Crippen LogP contribution in [0.2, 0.25) is 0 Å². The molecular formula is C14H26N3O5P. The average Bonchev–Trinajstić information content (AvgIpc) is 2.52. The van der Waals surface area contributed by atoms with Crippen LogP contribution in [0, 0.1) is 0 Å². The van der Waals surface area contributed by atoms with Crippen LogP contribution in [-0.2, 0) is 18.9 Å². The second-order valence-corrected chi connectivity index (χ2v) is 6.76. The number of hydrazine groups is 1. The van der Waals surface area contributed by atoms with Gasteiger partial charge in [0.15, 0.2) is 0 Å². The Bertz CT molecular complexity index is 473. The standard InChI is InChI=1S/C14H26N3O5P/c1-4-7-14(20)15-16-23(21,22)17(10-8-12(18)5-2)11-9-13(19)6-3/h4,7H,5-6,8-11H2,1-3H3,(H,15,20)(H2,16,21,22). The molecule has 0 heterocycles. The molecule has 9 heteroatoms. The van der Waals surface area contributed by atoms with Crippen LogP contribution in [0.4, 0.5) is 0 Å². The molecule has 1 atom stereocenters. The van der Waals surface area contributed by atoms with Gasteiger partial charge in [-0.1, -0.05) is 19.9 Å². The minimum absolute atomic E-state index is 0.0317. The number of Topliss-reactive ketones (excluding diaryl/α,β-unsaturated/α-hetero) is 2. The van der Waals surface area contributed by atoms with Crippen LogP contribution in [0.15, 0.2) is 12.2 Å². The summed E-state index contributed by atoms with van der Waals surface area (Å²) >= 11 is 0. The van der Waals surface area contributed by atoms with Crippen LogP contribution < -0.4 is 10.6 Å². The lowest BCUT2D eigenvalue weighted by atomic mass is 10.2. The van der Waals surface area contributed by atoms with E-state index in [1.165, 1.54) is 12.2 Å². The summed E-state index contributed by atoms with van der Waals surface area (Å²) in [5, 5.41) is 2.09. The van der Waals surface area contributed by atoms with Gasteiger partial charge in [0.1, 0.15) is 11.6 Å². The van der Waals surface area contributed by atoms with Gasteiger partial charge in [0.2, 0.25) is 0 Å². The maximum atomic E-state index is 12.3. The Balaban J connectivity index is 4.83. The SMILES string of the molecule is CC=CC(=O)NNP(=O)(O)N(CCC(=O)CC)CCC(=O)CC. The molecule has 8 nitrogen and oxygen atoms in total. The van der Waals surface area contributed by atoms with E-state index in [1.54, 1.807) is 20.8 Å². The van der Waals surface area contributed by atoms with Gasteiger partial charge in [0.05, 0.1) is 0 Å². The number of nitrogens with one attached hydrogen (secondary N) is 2. The molecule has 0 radical (unpaired) electrons. The summed E-state index contributed by atoms with van der Waals surface area (Å²) in [7, 11) is -4.10. The molecule has 3 N–H and O–H groups in total. The summed E-state index contributed by atoms with van der Waals surface area (Å²) in [5.41, 5.74) is 2.11. The van der Waals surface area contributed by atoms with Crippen molar-refractivity contribution in [2.75, 3.05) is 13.1 Å². The first-order valence-electron chi connectivity index (χ1n) is 7.58. The fraction of sp³-hybridized carbons (Fsp3) is 0.643. The first-order valence-corrected chi connectivity index (χ1v) is 9.19. The second kappa shape index (κ2) is 11.2. The molecule has 0 saturated heterocycles. The molecule has 0 aromatic heterocycles. The Hall–Kier alpha value is -1.34. The van der Waals surface area contributed by atoms with Crippen LogP contribution in [0.1, 0.15) is 46.5 Å². The van der Waals surface area contributed by atoms with E-state index in [-0.39, 0.29) is 37.5 Å². The minimum Gasteiger partial charge on any atom is -0.321 e. The first kappa shape index (κ1) is 21.7. The first-order chi connectivity index (χ1) is 10.8. The van der Waals surface area contributed by atoms with Gasteiger partial charge in [-0.15, -0.1) is 5.20 Å². The Labute approximate surface area is 136 Å². The third-order valence-corrected chi connectivity index (χ3v) is 4.68. The Kier molecular flexibility index (Phi) is 10.6. The van der Waals surface area contributed by atoms with E-state index in [9.17, 15) is 23.8 Å². The lowest BCUT2D eigenvalue weighted by Crippen LogP contribution is -2.40. The number of rotatable bonds is 12. The number of hydrogen-bond donors (Lipinski definition) is 3. The lowest BCUT2D eigenvalue weighted by molar-refractivity contribution is -0.119. The third-order valence-electron chi connectivity index (χ3n) is 3.11. The third kappa shape index (κ3) is 9.40. The normalized spacial score (nSPS) is 14.0. The molecule has 0 spiro atoms. The molecule has 1 unspecified atom stereocenters. The van der Waals surface area contributed by atoms with E-state index in [0.29, 0.717) is 12.8 Å². The van der Waals surface area contributed by atoms with E-state index < -0.39 is 13.6 Å². The zero-order valence-electron chi connectivity index (χ0n) is 13.9. The summed E-state index contributed by atoms with van der Waals surface area (Å²) in [4.78, 5) is 44.2. The van der Waals surface area contributed by atoms with Crippen molar-refractivity contribution in [2.45, 2.75) is 46.5 Å². The molecule has 1 amide bonds. The lowest BCUT2D eigenvalue weighted by Gasteiger charge is -2.27. The monoisotopic (exact) mass is 347 g/mol. The van der Waals surface area contributed by atoms with Crippen molar-refractivity contribution in [1.82, 2.24) is 15.3 Å². The topological polar surface area (TPSA) is 116 Å². The molecule has 0 aromatic carbocycles. The molecule has 0 aromatic rings. The highest BCUT2D eigenvalue weighted by Crippen LogP contribution is 2.39. The number of hydrogen-bond acceptors (Lipinski definition) is 4. The maximum absolute atomic E-state index is 12.3. The highest BCUT2D eigenvalue weighted by molar-refractivity contribution is 7.53. The van der Waals surface area contributed by atoms with Gasteiger partial charge >= 0.3 is 7.67 Å². The fourth-order valence-electron chi connectivity index (χ4n) is 1.64. The maximum Gasteiger partial charge on any atom is 0.358 e. The number of allylic oxidation sites excluding steroid dienone is 1. The number of carbonyl (C=O) groups excluding carboxylic acids is 3. The Morgan fingerprint density at radius 3 is 1.96 bits per heavy atom. The van der Waals surface area contributed by atoms with Crippen LogP contribution >= 0.6 is 7.67 Å². The van der Waals surface area contributed by atoms with E-state index in [4.69, 9.17) is 0 Å². The van der Waals surface area contributed by atoms with Gasteiger partial charge in [-0.25, -0.2) is 4.67 Å². The predicted molar refractivity (Wildman–Crippen MR) is 87.3 cm³/mol. The molecule has 0 bridgehead atoms. The molecule has 0 aliphatic carbocycles. The van der Waals surface area contributed by atoms with Gasteiger partial charge in [-0.05, 0) is 13.0 Å². The second-order valence-electron chi connectivity index (χ2n) is 4.88. The van der Waals surface area contributed by atoms with Crippen LogP contribution in [-0.4, -0.2) is 40.1 Å². The molecule has 0 rings (SSSR count). The average molecular weight is 347 g/mol. The van der Waals surface area contributed by atoms with E-state index in [0.717, 1.165) is 4.67 Å². The van der Waals surface area contributed by atoms with Gasteiger partial charge in [0.25, 0.3) is 5.91 Å². The molecule has 0 fully saturated rings. The van der Waals surface area contributed by atoms with Gasteiger partial charge in [-0.3, -0.25) is 24.4 Å². The molecular weight excluding hydrogens is 321 g/mol. The van der Waals surface area contributed by atoms with Gasteiger partial charge < -0.3 is 4.89 Å². The van der Waals surface area contributed by atoms with Crippen molar-refractivity contribution in [1.29, 1.82) is 0 Å². The number of carbonyl (C=O) groups is 3. The summed E-state index contributed by atoms with van der Waals surface area (Å²) in [6, 6.07) is 0. The van der Waals surface area contributed by atoms with Crippen molar-refractivity contribution in [2.24, 2.45) is 0 Å². The fourth-order valence-corrected chi connectivity index (χ4v) is 2.78. The molecule has 0 aliphatic heterocycles. The van der Waals surface area contributed by atoms with Crippen LogP contribution in [0.3, 0.4) is 0 Å². The minimum atomic E-state index is -4.10. The van der Waals surface area contributed by atoms with Crippen molar-refractivity contribution in [3.05, 3.63) is 12.2 Å². The Morgan fingerprint density at radius 2 is 1.57 bits per heavy atom. The van der Waals surface area contributed by atoms with Gasteiger partial charge in [0, 0.05) is 38.8 Å². The van der Waals surface area contributed by atoms with Crippen molar-refractivity contribution < 1.29 is 23.8 Å². The molecule has 23 heavy (non-hydrogen) atoms. The van der Waals surface area contributed by atoms with E-state index in [1.807, 2.05) is 0 Å². The van der Waals surface area contributed by atoms with Gasteiger partial charge in [-0.2, -0.15) is 0 Å².